The maximum atomic E-state index is 10.9. The second-order valence-corrected chi connectivity index (χ2v) is 13.9. The third kappa shape index (κ3) is 30.2. The molecule has 0 aromatic heterocycles. The number of aliphatic hydroxyl groups is 1. The van der Waals surface area contributed by atoms with E-state index in [4.69, 9.17) is 4.55 Å². The maximum Gasteiger partial charge on any atom is 0.267 e. The summed E-state index contributed by atoms with van der Waals surface area (Å²) in [5.74, 6) is -0.575. The van der Waals surface area contributed by atoms with Gasteiger partial charge in [-0.05, 0) is 12.8 Å². The monoisotopic (exact) mass is 548 g/mol. The van der Waals surface area contributed by atoms with Crippen molar-refractivity contribution in [2.45, 2.75) is 167 Å². The Morgan fingerprint density at radius 3 is 1.08 bits per heavy atom. The van der Waals surface area contributed by atoms with Gasteiger partial charge in [0.25, 0.3) is 10.1 Å². The van der Waals surface area contributed by atoms with Gasteiger partial charge in [0.05, 0.1) is 20.6 Å². The summed E-state index contributed by atoms with van der Waals surface area (Å²) in [6, 6.07) is 0. The van der Waals surface area contributed by atoms with Gasteiger partial charge in [-0.25, -0.2) is 0 Å². The van der Waals surface area contributed by atoms with Crippen LogP contribution in [-0.2, 0) is 10.1 Å². The van der Waals surface area contributed by atoms with Crippen LogP contribution < -0.4 is 0 Å². The summed E-state index contributed by atoms with van der Waals surface area (Å²) in [6.07, 6.45) is 32.3. The molecule has 0 rings (SSSR count). The molecule has 5 nitrogen and oxygen atoms in total. The van der Waals surface area contributed by atoms with Crippen LogP contribution in [0.2, 0.25) is 0 Å². The van der Waals surface area contributed by atoms with Crippen LogP contribution in [0.25, 0.3) is 0 Å². The number of unbranched alkanes of at least 4 members (excludes halogenated alkanes) is 23. The summed E-state index contributed by atoms with van der Waals surface area (Å²) in [5.41, 5.74) is 0. The summed E-state index contributed by atoms with van der Waals surface area (Å²) in [4.78, 5) is 0. The van der Waals surface area contributed by atoms with Crippen LogP contribution in [0.4, 0.5) is 0 Å². The van der Waals surface area contributed by atoms with Gasteiger partial charge in [0.2, 0.25) is 0 Å². The molecule has 0 aliphatic rings. The SMILES string of the molecule is CCCCCCCCCCCCCCCCCCCCCCCCCC[N+](C)(C)CC(O)CS(=O)(=O)O. The van der Waals surface area contributed by atoms with Gasteiger partial charge < -0.3 is 9.59 Å². The van der Waals surface area contributed by atoms with Crippen LogP contribution in [0.3, 0.4) is 0 Å². The van der Waals surface area contributed by atoms with Gasteiger partial charge in [-0.3, -0.25) is 4.55 Å². The van der Waals surface area contributed by atoms with Crippen LogP contribution >= 0.6 is 0 Å². The highest BCUT2D eigenvalue weighted by atomic mass is 32.2. The normalized spacial score (nSPS) is 13.3. The fourth-order valence-corrected chi connectivity index (χ4v) is 6.05. The van der Waals surface area contributed by atoms with Crippen molar-refractivity contribution in [2.75, 3.05) is 32.9 Å². The molecule has 1 unspecified atom stereocenters. The summed E-state index contributed by atoms with van der Waals surface area (Å²) in [5, 5.41) is 9.85. The summed E-state index contributed by atoms with van der Waals surface area (Å²) >= 11 is 0. The first kappa shape index (κ1) is 36.8. The highest BCUT2D eigenvalue weighted by Gasteiger charge is 2.23. The molecule has 0 fully saturated rings. The Balaban J connectivity index is 3.28. The van der Waals surface area contributed by atoms with E-state index in [0.717, 1.165) is 13.0 Å². The second-order valence-electron chi connectivity index (χ2n) is 12.4. The van der Waals surface area contributed by atoms with Crippen molar-refractivity contribution in [1.82, 2.24) is 0 Å². The minimum absolute atomic E-state index is 0.346. The summed E-state index contributed by atoms with van der Waals surface area (Å²) in [6.45, 7) is 3.55. The van der Waals surface area contributed by atoms with Crippen molar-refractivity contribution in [3.63, 3.8) is 0 Å². The highest BCUT2D eigenvalue weighted by Crippen LogP contribution is 2.16. The highest BCUT2D eigenvalue weighted by molar-refractivity contribution is 7.85. The van der Waals surface area contributed by atoms with Crippen LogP contribution in [0, 0.1) is 0 Å². The van der Waals surface area contributed by atoms with E-state index >= 15 is 0 Å². The zero-order valence-electron chi connectivity index (χ0n) is 25.2. The first-order valence-corrected chi connectivity index (χ1v) is 17.7. The molecule has 0 aromatic rings. The molecule has 37 heavy (non-hydrogen) atoms. The second kappa shape index (κ2) is 24.8. The van der Waals surface area contributed by atoms with E-state index in [-0.39, 0.29) is 0 Å². The predicted molar refractivity (Wildman–Crippen MR) is 161 cm³/mol. The lowest BCUT2D eigenvalue weighted by Crippen LogP contribution is -2.47. The van der Waals surface area contributed by atoms with Gasteiger partial charge >= 0.3 is 0 Å². The van der Waals surface area contributed by atoms with Gasteiger partial charge in [-0.2, -0.15) is 8.42 Å². The van der Waals surface area contributed by atoms with Crippen LogP contribution in [0.1, 0.15) is 161 Å². The number of hydrogen-bond donors (Lipinski definition) is 2. The quantitative estimate of drug-likeness (QED) is 0.0557. The molecule has 1 atom stereocenters. The molecule has 0 bridgehead atoms. The number of aliphatic hydroxyl groups excluding tert-OH is 1. The number of rotatable bonds is 29. The molecule has 0 aliphatic heterocycles. The zero-order valence-corrected chi connectivity index (χ0v) is 26.1. The Morgan fingerprint density at radius 1 is 0.541 bits per heavy atom. The molecule has 0 aromatic carbocycles. The molecule has 0 radical (unpaired) electrons. The van der Waals surface area contributed by atoms with E-state index in [0.29, 0.717) is 11.0 Å². The molecule has 224 valence electrons. The van der Waals surface area contributed by atoms with Gasteiger partial charge in [0.15, 0.2) is 0 Å². The summed E-state index contributed by atoms with van der Waals surface area (Å²) in [7, 11) is -0.102. The van der Waals surface area contributed by atoms with E-state index < -0.39 is 22.0 Å². The van der Waals surface area contributed by atoms with Crippen molar-refractivity contribution in [3.8, 4) is 0 Å². The number of nitrogens with zero attached hydrogens (tertiary/aromatic N) is 1. The van der Waals surface area contributed by atoms with Crippen LogP contribution in [0.15, 0.2) is 0 Å². The molecule has 0 amide bonds. The van der Waals surface area contributed by atoms with Crippen LogP contribution in [-0.4, -0.2) is 61.6 Å². The molecule has 6 heteroatoms. The lowest BCUT2D eigenvalue weighted by atomic mass is 10.0. The number of hydrogen-bond acceptors (Lipinski definition) is 3. The van der Waals surface area contributed by atoms with E-state index in [1.807, 2.05) is 14.1 Å². The van der Waals surface area contributed by atoms with E-state index in [2.05, 4.69) is 6.92 Å². The Morgan fingerprint density at radius 2 is 0.811 bits per heavy atom. The molecular weight excluding hydrogens is 482 g/mol. The van der Waals surface area contributed by atoms with Gasteiger partial charge in [-0.15, -0.1) is 0 Å². The molecule has 2 N–H and O–H groups in total. The largest absolute Gasteiger partial charge is 0.386 e. The van der Waals surface area contributed by atoms with E-state index in [9.17, 15) is 13.5 Å². The smallest absolute Gasteiger partial charge is 0.267 e. The Bertz CT molecular complexity index is 580. The molecule has 0 heterocycles. The lowest BCUT2D eigenvalue weighted by molar-refractivity contribution is -0.893. The molecule has 0 saturated heterocycles. The van der Waals surface area contributed by atoms with Gasteiger partial charge in [0, 0.05) is 0 Å². The van der Waals surface area contributed by atoms with Gasteiger partial charge in [-0.1, -0.05) is 148 Å². The van der Waals surface area contributed by atoms with Crippen molar-refractivity contribution in [1.29, 1.82) is 0 Å². The molecule has 0 saturated carbocycles. The van der Waals surface area contributed by atoms with Crippen molar-refractivity contribution in [3.05, 3.63) is 0 Å². The average molecular weight is 549 g/mol. The van der Waals surface area contributed by atoms with Crippen molar-refractivity contribution >= 4 is 10.1 Å². The number of quaternary nitrogens is 1. The van der Waals surface area contributed by atoms with E-state index in [1.54, 1.807) is 0 Å². The molecular formula is C31H66NO4S+. The lowest BCUT2D eigenvalue weighted by Gasteiger charge is -2.31. The molecule has 0 spiro atoms. The fraction of sp³-hybridized carbons (Fsp3) is 1.00. The summed E-state index contributed by atoms with van der Waals surface area (Å²) < 4.78 is 31.2. The maximum absolute atomic E-state index is 10.9. The zero-order chi connectivity index (χ0) is 27.7. The topological polar surface area (TPSA) is 74.6 Å². The third-order valence-electron chi connectivity index (χ3n) is 7.72. The van der Waals surface area contributed by atoms with E-state index in [1.165, 1.54) is 148 Å². The minimum atomic E-state index is -4.11. The van der Waals surface area contributed by atoms with Gasteiger partial charge in [0.1, 0.15) is 18.4 Å². The van der Waals surface area contributed by atoms with Crippen molar-refractivity contribution in [2.24, 2.45) is 0 Å². The fourth-order valence-electron chi connectivity index (χ4n) is 5.46. The Hall–Kier alpha value is -0.170. The Kier molecular flexibility index (Phi) is 24.7. The molecule has 0 aliphatic carbocycles. The minimum Gasteiger partial charge on any atom is -0.386 e. The Labute approximate surface area is 232 Å². The first-order chi connectivity index (χ1) is 17.7. The predicted octanol–water partition coefficient (Wildman–Crippen LogP) is 8.69. The van der Waals surface area contributed by atoms with Crippen LogP contribution in [0.5, 0.6) is 0 Å². The third-order valence-corrected chi connectivity index (χ3v) is 8.53. The number of likely N-dealkylation sites (N-methyl/N-ethyl adjacent to an activating group) is 1. The average Bonchev–Trinajstić information content (AvgIpc) is 2.80. The van der Waals surface area contributed by atoms with Crippen molar-refractivity contribution < 1.29 is 22.6 Å². The standard InChI is InChI=1S/C31H65NO4S/c1-4-5-6-7-8-9-10-11-12-13-14-15-16-17-18-19-20-21-22-23-24-25-26-27-28-32(2,3)29-31(33)30-37(34,35)36/h31,33H,4-30H2,1-3H3/p+1. The first-order valence-electron chi connectivity index (χ1n) is 16.1.